The number of rotatable bonds is 4. The fourth-order valence-corrected chi connectivity index (χ4v) is 4.93. The second-order valence-corrected chi connectivity index (χ2v) is 8.86. The lowest BCUT2D eigenvalue weighted by atomic mass is 9.93. The summed E-state index contributed by atoms with van der Waals surface area (Å²) in [6.07, 6.45) is 12.9. The lowest BCUT2D eigenvalue weighted by molar-refractivity contribution is 0.307. The van der Waals surface area contributed by atoms with E-state index in [-0.39, 0.29) is 0 Å². The molecular weight excluding hydrogens is 370 g/mol. The van der Waals surface area contributed by atoms with Crippen molar-refractivity contribution in [2.24, 2.45) is 0 Å². The minimum absolute atomic E-state index is 0.632. The van der Waals surface area contributed by atoms with Crippen LogP contribution in [-0.4, -0.2) is 40.1 Å². The summed E-state index contributed by atoms with van der Waals surface area (Å²) < 4.78 is 0. The van der Waals surface area contributed by atoms with Crippen LogP contribution in [0.2, 0.25) is 0 Å². The number of aromatic nitrogens is 3. The van der Waals surface area contributed by atoms with Gasteiger partial charge in [-0.05, 0) is 44.7 Å². The van der Waals surface area contributed by atoms with Gasteiger partial charge in [0, 0.05) is 42.3 Å². The predicted molar refractivity (Wildman–Crippen MR) is 123 cm³/mol. The van der Waals surface area contributed by atoms with Crippen LogP contribution in [-0.2, 0) is 0 Å². The fourth-order valence-electron chi connectivity index (χ4n) is 4.93. The van der Waals surface area contributed by atoms with Crippen LogP contribution < -0.4 is 10.2 Å². The molecule has 30 heavy (non-hydrogen) atoms. The van der Waals surface area contributed by atoms with Crippen LogP contribution in [0.4, 0.5) is 5.82 Å². The molecule has 1 aromatic carbocycles. The molecule has 3 heterocycles. The van der Waals surface area contributed by atoms with Gasteiger partial charge in [-0.15, -0.1) is 0 Å². The van der Waals surface area contributed by atoms with Crippen LogP contribution in [0.3, 0.4) is 0 Å². The third-order valence-corrected chi connectivity index (χ3v) is 6.63. The van der Waals surface area contributed by atoms with Crippen molar-refractivity contribution in [1.29, 1.82) is 0 Å². The molecule has 5 nitrogen and oxygen atoms in total. The Morgan fingerprint density at radius 2 is 1.67 bits per heavy atom. The summed E-state index contributed by atoms with van der Waals surface area (Å²) in [5.41, 5.74) is 3.96. The molecule has 0 amide bonds. The molecular formula is C25H31N5. The largest absolute Gasteiger partial charge is 0.356 e. The topological polar surface area (TPSA) is 53.9 Å². The minimum Gasteiger partial charge on any atom is -0.356 e. The summed E-state index contributed by atoms with van der Waals surface area (Å²) >= 11 is 0. The Balaban J connectivity index is 1.39. The highest BCUT2D eigenvalue weighted by atomic mass is 15.2. The van der Waals surface area contributed by atoms with Crippen molar-refractivity contribution < 1.29 is 0 Å². The average Bonchev–Trinajstić information content (AvgIpc) is 2.80. The van der Waals surface area contributed by atoms with Crippen LogP contribution in [0.15, 0.2) is 42.7 Å². The predicted octanol–water partition coefficient (Wildman–Crippen LogP) is 4.89. The number of nitrogens with one attached hydrogen (secondary N) is 1. The van der Waals surface area contributed by atoms with Gasteiger partial charge in [0.1, 0.15) is 5.82 Å². The molecule has 5 rings (SSSR count). The lowest BCUT2D eigenvalue weighted by Crippen LogP contribution is -2.47. The van der Waals surface area contributed by atoms with E-state index in [4.69, 9.17) is 4.98 Å². The number of hydrogen-bond acceptors (Lipinski definition) is 5. The van der Waals surface area contributed by atoms with Crippen molar-refractivity contribution >= 4 is 16.7 Å². The summed E-state index contributed by atoms with van der Waals surface area (Å²) in [5, 5.41) is 5.09. The maximum absolute atomic E-state index is 5.08. The van der Waals surface area contributed by atoms with Gasteiger partial charge >= 0.3 is 0 Å². The van der Waals surface area contributed by atoms with Crippen molar-refractivity contribution in [2.45, 2.75) is 64.0 Å². The number of pyridine rings is 1. The molecule has 0 radical (unpaired) electrons. The number of nitrogens with zero attached hydrogens (tertiary/aromatic N) is 4. The van der Waals surface area contributed by atoms with Crippen LogP contribution in [0.1, 0.15) is 50.6 Å². The molecule has 0 unspecified atom stereocenters. The van der Waals surface area contributed by atoms with Gasteiger partial charge in [-0.25, -0.2) is 4.98 Å². The van der Waals surface area contributed by atoms with Crippen molar-refractivity contribution in [1.82, 2.24) is 20.3 Å². The van der Waals surface area contributed by atoms with E-state index in [1.54, 1.807) is 0 Å². The van der Waals surface area contributed by atoms with Crippen LogP contribution in [0, 0.1) is 6.92 Å². The lowest BCUT2D eigenvalue weighted by Gasteiger charge is -2.36. The number of piperidine rings is 1. The van der Waals surface area contributed by atoms with E-state index in [1.807, 2.05) is 19.3 Å². The summed E-state index contributed by atoms with van der Waals surface area (Å²) in [5.74, 6) is 1.04. The monoisotopic (exact) mass is 401 g/mol. The standard InChI is InChI=1S/C25H31N5/c1-18-16-27-24(17-26-18)22-15-19-7-5-6-10-23(19)29-25(22)30-13-11-21(12-14-30)28-20-8-3-2-4-9-20/h5-7,10,15-17,20-21,28H,2-4,8-9,11-14H2,1H3. The molecule has 2 aliphatic rings. The summed E-state index contributed by atoms with van der Waals surface area (Å²) in [6, 6.07) is 11.9. The molecule has 1 N–H and O–H groups in total. The third kappa shape index (κ3) is 4.17. The molecule has 0 atom stereocenters. The molecule has 5 heteroatoms. The Hall–Kier alpha value is -2.53. The molecule has 1 aliphatic carbocycles. The molecule has 1 saturated heterocycles. The van der Waals surface area contributed by atoms with Crippen molar-refractivity contribution in [3.8, 4) is 11.3 Å². The quantitative estimate of drug-likeness (QED) is 0.674. The van der Waals surface area contributed by atoms with E-state index in [9.17, 15) is 0 Å². The van der Waals surface area contributed by atoms with Gasteiger partial charge in [0.2, 0.25) is 0 Å². The number of fused-ring (bicyclic) bond motifs is 1. The average molecular weight is 402 g/mol. The Morgan fingerprint density at radius 3 is 2.43 bits per heavy atom. The highest BCUT2D eigenvalue weighted by molar-refractivity contribution is 5.88. The second kappa shape index (κ2) is 8.68. The molecule has 0 spiro atoms. The number of aryl methyl sites for hydroxylation is 1. The normalized spacial score (nSPS) is 18.8. The van der Waals surface area contributed by atoms with Crippen molar-refractivity contribution in [3.63, 3.8) is 0 Å². The zero-order valence-electron chi connectivity index (χ0n) is 17.8. The fraction of sp³-hybridized carbons (Fsp3) is 0.480. The Morgan fingerprint density at radius 1 is 0.900 bits per heavy atom. The maximum atomic E-state index is 5.08. The highest BCUT2D eigenvalue weighted by Crippen LogP contribution is 2.33. The first-order valence-corrected chi connectivity index (χ1v) is 11.5. The first kappa shape index (κ1) is 19.4. The van der Waals surface area contributed by atoms with E-state index >= 15 is 0 Å². The third-order valence-electron chi connectivity index (χ3n) is 6.63. The van der Waals surface area contributed by atoms with Crippen molar-refractivity contribution in [2.75, 3.05) is 18.0 Å². The highest BCUT2D eigenvalue weighted by Gasteiger charge is 2.25. The number of benzene rings is 1. The zero-order chi connectivity index (χ0) is 20.3. The summed E-state index contributed by atoms with van der Waals surface area (Å²) in [4.78, 5) is 16.7. The van der Waals surface area contributed by atoms with Gasteiger partial charge in [-0.1, -0.05) is 37.5 Å². The maximum Gasteiger partial charge on any atom is 0.138 e. The first-order chi connectivity index (χ1) is 14.8. The van der Waals surface area contributed by atoms with E-state index in [0.717, 1.165) is 52.8 Å². The molecule has 3 aromatic rings. The van der Waals surface area contributed by atoms with E-state index < -0.39 is 0 Å². The number of anilines is 1. The Labute approximate surface area is 179 Å². The molecule has 156 valence electrons. The van der Waals surface area contributed by atoms with Gasteiger partial charge < -0.3 is 10.2 Å². The van der Waals surface area contributed by atoms with Gasteiger partial charge in [0.25, 0.3) is 0 Å². The first-order valence-electron chi connectivity index (χ1n) is 11.5. The number of hydrogen-bond donors (Lipinski definition) is 1. The van der Waals surface area contributed by atoms with E-state index in [1.165, 1.54) is 44.9 Å². The molecule has 2 aromatic heterocycles. The van der Waals surface area contributed by atoms with Crippen molar-refractivity contribution in [3.05, 3.63) is 48.4 Å². The van der Waals surface area contributed by atoms with Gasteiger partial charge in [0.15, 0.2) is 0 Å². The minimum atomic E-state index is 0.632. The Kier molecular flexibility index (Phi) is 5.63. The van der Waals surface area contributed by atoms with Crippen LogP contribution in [0.25, 0.3) is 22.2 Å². The SMILES string of the molecule is Cc1cnc(-c2cc3ccccc3nc2N2CCC(NC3CCCCC3)CC2)cn1. The summed E-state index contributed by atoms with van der Waals surface area (Å²) in [6.45, 7) is 4.03. The van der Waals surface area contributed by atoms with E-state index in [2.05, 4.69) is 50.5 Å². The Bertz CT molecular complexity index is 986. The zero-order valence-corrected chi connectivity index (χ0v) is 17.8. The molecule has 0 bridgehead atoms. The van der Waals surface area contributed by atoms with Crippen LogP contribution in [0.5, 0.6) is 0 Å². The second-order valence-electron chi connectivity index (χ2n) is 8.86. The smallest absolute Gasteiger partial charge is 0.138 e. The van der Waals surface area contributed by atoms with Gasteiger partial charge in [-0.3, -0.25) is 9.97 Å². The van der Waals surface area contributed by atoms with E-state index in [0.29, 0.717) is 6.04 Å². The van der Waals surface area contributed by atoms with Gasteiger partial charge in [-0.2, -0.15) is 0 Å². The molecule has 2 fully saturated rings. The molecule has 1 aliphatic heterocycles. The molecule has 1 saturated carbocycles. The number of para-hydroxylation sites is 1. The van der Waals surface area contributed by atoms with Crippen LogP contribution >= 0.6 is 0 Å². The van der Waals surface area contributed by atoms with Gasteiger partial charge in [0.05, 0.1) is 23.1 Å². The summed E-state index contributed by atoms with van der Waals surface area (Å²) in [7, 11) is 0.